The van der Waals surface area contributed by atoms with E-state index in [2.05, 4.69) is 15.7 Å². The highest BCUT2D eigenvalue weighted by Crippen LogP contribution is 2.44. The van der Waals surface area contributed by atoms with E-state index in [4.69, 9.17) is 32.7 Å². The zero-order valence-corrected chi connectivity index (χ0v) is 18.1. The first kappa shape index (κ1) is 21.7. The van der Waals surface area contributed by atoms with Crippen LogP contribution in [0.1, 0.15) is 34.6 Å². The minimum absolute atomic E-state index is 0.0653. The summed E-state index contributed by atoms with van der Waals surface area (Å²) in [7, 11) is 0. The molecule has 3 aromatic rings. The van der Waals surface area contributed by atoms with Gasteiger partial charge in [-0.2, -0.15) is 18.3 Å². The number of halogens is 5. The van der Waals surface area contributed by atoms with E-state index >= 15 is 0 Å². The number of benzene rings is 2. The molecule has 33 heavy (non-hydrogen) atoms. The number of fused-ring (bicyclic) bond motifs is 2. The number of hydrogen-bond donors (Lipinski definition) is 2. The van der Waals surface area contributed by atoms with E-state index in [-0.39, 0.29) is 29.7 Å². The topological polar surface area (TPSA) is 77.4 Å². The molecule has 0 aliphatic carbocycles. The van der Waals surface area contributed by atoms with E-state index in [1.54, 1.807) is 24.3 Å². The SMILES string of the molecule is O=C(Nc1ccc2c(c1)OCO2)c1cc2n(n1)[C@H](C(F)(F)F)C[C@@H](c1ccc(Cl)c(Cl)c1)N2. The van der Waals surface area contributed by atoms with Crippen molar-refractivity contribution in [1.82, 2.24) is 9.78 Å². The lowest BCUT2D eigenvalue weighted by atomic mass is 9.97. The van der Waals surface area contributed by atoms with Crippen molar-refractivity contribution in [2.75, 3.05) is 17.4 Å². The number of nitrogens with one attached hydrogen (secondary N) is 2. The van der Waals surface area contributed by atoms with Crippen LogP contribution in [0.3, 0.4) is 0 Å². The molecule has 0 saturated carbocycles. The van der Waals surface area contributed by atoms with Gasteiger partial charge < -0.3 is 20.1 Å². The van der Waals surface area contributed by atoms with Crippen LogP contribution in [0.2, 0.25) is 10.0 Å². The normalized spacial score (nSPS) is 19.1. The maximum absolute atomic E-state index is 13.9. The van der Waals surface area contributed by atoms with Crippen LogP contribution in [0.5, 0.6) is 11.5 Å². The van der Waals surface area contributed by atoms with Gasteiger partial charge in [0.2, 0.25) is 6.79 Å². The van der Waals surface area contributed by atoms with Crippen molar-refractivity contribution in [3.8, 4) is 11.5 Å². The molecule has 0 spiro atoms. The predicted octanol–water partition coefficient (Wildman–Crippen LogP) is 5.83. The maximum Gasteiger partial charge on any atom is 0.410 e. The Kier molecular flexibility index (Phi) is 5.29. The molecule has 172 valence electrons. The Hall–Kier alpha value is -3.11. The molecule has 5 rings (SSSR count). The molecule has 2 N–H and O–H groups in total. The number of aromatic nitrogens is 2. The van der Waals surface area contributed by atoms with Gasteiger partial charge in [0.25, 0.3) is 5.91 Å². The van der Waals surface area contributed by atoms with E-state index in [0.29, 0.717) is 27.8 Å². The Morgan fingerprint density at radius 2 is 1.88 bits per heavy atom. The average Bonchev–Trinajstić information content (AvgIpc) is 3.40. The standard InChI is InChI=1S/C21H15Cl2F3N4O3/c22-12-3-1-10(5-13(12)23)14-7-18(21(24,25)26)30-19(28-14)8-15(29-30)20(31)27-11-2-4-16-17(6-11)33-9-32-16/h1-6,8,14,18,28H,7,9H2,(H,27,31)/t14-,18-/m0/s1. The smallest absolute Gasteiger partial charge is 0.410 e. The summed E-state index contributed by atoms with van der Waals surface area (Å²) in [6.07, 6.45) is -4.91. The van der Waals surface area contributed by atoms with Crippen LogP contribution in [-0.2, 0) is 0 Å². The van der Waals surface area contributed by atoms with Crippen molar-refractivity contribution in [2.24, 2.45) is 0 Å². The quantitative estimate of drug-likeness (QED) is 0.474. The lowest BCUT2D eigenvalue weighted by molar-refractivity contribution is -0.173. The van der Waals surface area contributed by atoms with Gasteiger partial charge in [0.05, 0.1) is 16.1 Å². The van der Waals surface area contributed by atoms with Gasteiger partial charge in [-0.05, 0) is 29.8 Å². The fourth-order valence-corrected chi connectivity index (χ4v) is 4.11. The molecule has 0 fully saturated rings. The second kappa shape index (κ2) is 8.03. The summed E-state index contributed by atoms with van der Waals surface area (Å²) in [5, 5.41) is 10.1. The van der Waals surface area contributed by atoms with Gasteiger partial charge in [0, 0.05) is 24.2 Å². The van der Waals surface area contributed by atoms with E-state index in [1.165, 1.54) is 18.2 Å². The predicted molar refractivity (Wildman–Crippen MR) is 115 cm³/mol. The molecule has 3 heterocycles. The average molecular weight is 499 g/mol. The van der Waals surface area contributed by atoms with E-state index < -0.39 is 24.2 Å². The van der Waals surface area contributed by atoms with Gasteiger partial charge in [-0.25, -0.2) is 4.68 Å². The molecule has 2 aliphatic rings. The summed E-state index contributed by atoms with van der Waals surface area (Å²) in [5.41, 5.74) is 0.765. The molecule has 0 unspecified atom stereocenters. The number of hydrogen-bond acceptors (Lipinski definition) is 5. The first-order valence-corrected chi connectivity index (χ1v) is 10.5. The van der Waals surface area contributed by atoms with Crippen molar-refractivity contribution in [2.45, 2.75) is 24.7 Å². The van der Waals surface area contributed by atoms with Crippen LogP contribution in [0.4, 0.5) is 24.7 Å². The molecule has 1 amide bonds. The van der Waals surface area contributed by atoms with Gasteiger partial charge in [0.15, 0.2) is 23.2 Å². The van der Waals surface area contributed by atoms with Gasteiger partial charge in [-0.3, -0.25) is 4.79 Å². The van der Waals surface area contributed by atoms with Crippen LogP contribution in [0.25, 0.3) is 0 Å². The molecule has 2 aromatic carbocycles. The Morgan fingerprint density at radius 1 is 1.09 bits per heavy atom. The van der Waals surface area contributed by atoms with E-state index in [1.807, 2.05) is 0 Å². The Labute approximate surface area is 195 Å². The highest BCUT2D eigenvalue weighted by molar-refractivity contribution is 6.42. The minimum Gasteiger partial charge on any atom is -0.454 e. The van der Waals surface area contributed by atoms with Crippen LogP contribution < -0.4 is 20.1 Å². The van der Waals surface area contributed by atoms with E-state index in [0.717, 1.165) is 4.68 Å². The number of carbonyl (C=O) groups excluding carboxylic acids is 1. The molecule has 2 atom stereocenters. The number of nitrogens with zero attached hydrogens (tertiary/aromatic N) is 2. The molecular weight excluding hydrogens is 484 g/mol. The lowest BCUT2D eigenvalue weighted by Crippen LogP contribution is -2.35. The number of ether oxygens (including phenoxy) is 2. The summed E-state index contributed by atoms with van der Waals surface area (Å²) in [5.74, 6) is 0.399. The summed E-state index contributed by atoms with van der Waals surface area (Å²) in [4.78, 5) is 12.7. The first-order chi connectivity index (χ1) is 15.7. The Morgan fingerprint density at radius 3 is 2.64 bits per heavy atom. The van der Waals surface area contributed by atoms with Crippen molar-refractivity contribution in [3.63, 3.8) is 0 Å². The van der Waals surface area contributed by atoms with E-state index in [9.17, 15) is 18.0 Å². The van der Waals surface area contributed by atoms with Crippen molar-refractivity contribution in [3.05, 3.63) is 63.8 Å². The fourth-order valence-electron chi connectivity index (χ4n) is 3.80. The number of carbonyl (C=O) groups is 1. The zero-order valence-electron chi connectivity index (χ0n) is 16.6. The minimum atomic E-state index is -4.58. The molecule has 0 bridgehead atoms. The van der Waals surface area contributed by atoms with Crippen LogP contribution in [-0.4, -0.2) is 28.7 Å². The van der Waals surface area contributed by atoms with Gasteiger partial charge in [0.1, 0.15) is 5.82 Å². The lowest BCUT2D eigenvalue weighted by Gasteiger charge is -2.33. The largest absolute Gasteiger partial charge is 0.454 e. The van der Waals surface area contributed by atoms with Crippen molar-refractivity contribution < 1.29 is 27.4 Å². The first-order valence-electron chi connectivity index (χ1n) is 9.78. The molecule has 0 saturated heterocycles. The maximum atomic E-state index is 13.9. The highest BCUT2D eigenvalue weighted by atomic mass is 35.5. The second-order valence-corrected chi connectivity index (χ2v) is 8.36. The fraction of sp³-hybridized carbons (Fsp3) is 0.238. The number of amides is 1. The van der Waals surface area contributed by atoms with Crippen molar-refractivity contribution in [1.29, 1.82) is 0 Å². The summed E-state index contributed by atoms with van der Waals surface area (Å²) in [6.45, 7) is 0.0744. The third kappa shape index (κ3) is 4.16. The van der Waals surface area contributed by atoms with Gasteiger partial charge in [-0.1, -0.05) is 29.3 Å². The van der Waals surface area contributed by atoms with Crippen molar-refractivity contribution >= 4 is 40.6 Å². The number of alkyl halides is 3. The third-order valence-corrected chi connectivity index (χ3v) is 6.14. The Bertz CT molecular complexity index is 1250. The molecule has 7 nitrogen and oxygen atoms in total. The molecular formula is C21H15Cl2F3N4O3. The van der Waals surface area contributed by atoms with Crippen LogP contribution in [0.15, 0.2) is 42.5 Å². The van der Waals surface area contributed by atoms with Gasteiger partial charge >= 0.3 is 6.18 Å². The molecule has 12 heteroatoms. The number of rotatable bonds is 3. The Balaban J connectivity index is 1.43. The summed E-state index contributed by atoms with van der Waals surface area (Å²) in [6, 6.07) is 8.09. The summed E-state index contributed by atoms with van der Waals surface area (Å²) < 4.78 is 52.9. The molecule has 1 aromatic heterocycles. The molecule has 2 aliphatic heterocycles. The van der Waals surface area contributed by atoms with Crippen LogP contribution >= 0.6 is 23.2 Å². The number of anilines is 2. The third-order valence-electron chi connectivity index (χ3n) is 5.40. The van der Waals surface area contributed by atoms with Gasteiger partial charge in [-0.15, -0.1) is 0 Å². The monoisotopic (exact) mass is 498 g/mol. The zero-order chi connectivity index (χ0) is 23.3. The van der Waals surface area contributed by atoms with Crippen LogP contribution in [0, 0.1) is 0 Å². The second-order valence-electron chi connectivity index (χ2n) is 7.55. The summed E-state index contributed by atoms with van der Waals surface area (Å²) >= 11 is 12.0. The molecule has 0 radical (unpaired) electrons. The highest BCUT2D eigenvalue weighted by Gasteiger charge is 2.46.